The zero-order valence-corrected chi connectivity index (χ0v) is 14.4. The summed E-state index contributed by atoms with van der Waals surface area (Å²) >= 11 is 5.54. The molecule has 1 atom stereocenters. The van der Waals surface area contributed by atoms with E-state index in [0.717, 1.165) is 12.8 Å². The van der Waals surface area contributed by atoms with Gasteiger partial charge in [0, 0.05) is 0 Å². The molecule has 4 N–H and O–H groups in total. The average Bonchev–Trinajstić information content (AvgIpc) is 2.21. The molecular formula is C12H26ClNaO4. The molecule has 0 aliphatic carbocycles. The number of alkyl halides is 1. The Balaban J connectivity index is -0.000000327. The molecule has 0 radical (unpaired) electrons. The van der Waals surface area contributed by atoms with Gasteiger partial charge in [-0.15, -0.1) is 11.6 Å². The second-order valence-corrected chi connectivity index (χ2v) is 4.58. The van der Waals surface area contributed by atoms with Gasteiger partial charge in [0.25, 0.3) is 0 Å². The molecule has 106 valence electrons. The Bertz CT molecular complexity index is 170. The number of unbranched alkanes of at least 4 members (excludes halogenated alkanes) is 7. The zero-order valence-electron chi connectivity index (χ0n) is 11.6. The zero-order chi connectivity index (χ0) is 11.5. The summed E-state index contributed by atoms with van der Waals surface area (Å²) in [7, 11) is 0. The van der Waals surface area contributed by atoms with Crippen LogP contribution in [0.5, 0.6) is 0 Å². The first-order valence-electron chi connectivity index (χ1n) is 6.03. The van der Waals surface area contributed by atoms with Crippen molar-refractivity contribution in [3.8, 4) is 0 Å². The van der Waals surface area contributed by atoms with Gasteiger partial charge < -0.3 is 20.9 Å². The number of hydrogen-bond acceptors (Lipinski definition) is 2. The molecule has 0 aromatic rings. The quantitative estimate of drug-likeness (QED) is 0.270. The molecule has 0 rings (SSSR count). The second kappa shape index (κ2) is 20.0. The van der Waals surface area contributed by atoms with Crippen LogP contribution < -0.4 is 34.7 Å². The number of rotatable bonds is 10. The predicted octanol–water partition coefficient (Wildman–Crippen LogP) is -1.77. The Morgan fingerprint density at radius 3 is 1.78 bits per heavy atom. The van der Waals surface area contributed by atoms with Crippen molar-refractivity contribution in [2.24, 2.45) is 0 Å². The van der Waals surface area contributed by atoms with Crippen LogP contribution in [0.15, 0.2) is 0 Å². The van der Waals surface area contributed by atoms with Crippen molar-refractivity contribution in [2.45, 2.75) is 70.1 Å². The second-order valence-electron chi connectivity index (χ2n) is 4.05. The minimum Gasteiger partial charge on any atom is -0.549 e. The van der Waals surface area contributed by atoms with E-state index in [9.17, 15) is 9.90 Å². The van der Waals surface area contributed by atoms with Crippen molar-refractivity contribution in [3.63, 3.8) is 0 Å². The summed E-state index contributed by atoms with van der Waals surface area (Å²) in [6.45, 7) is 2.21. The molecule has 0 spiro atoms. The van der Waals surface area contributed by atoms with Crippen LogP contribution in [0, 0.1) is 0 Å². The van der Waals surface area contributed by atoms with E-state index in [1.165, 1.54) is 38.5 Å². The molecule has 1 unspecified atom stereocenters. The minimum absolute atomic E-state index is 0. The van der Waals surface area contributed by atoms with Gasteiger partial charge in [0.1, 0.15) is 0 Å². The van der Waals surface area contributed by atoms with Crippen molar-refractivity contribution in [2.75, 3.05) is 0 Å². The molecule has 0 bridgehead atoms. The maximum absolute atomic E-state index is 10.3. The van der Waals surface area contributed by atoms with Crippen LogP contribution in [0.4, 0.5) is 0 Å². The van der Waals surface area contributed by atoms with Crippen molar-refractivity contribution < 1.29 is 50.4 Å². The topological polar surface area (TPSA) is 103 Å². The van der Waals surface area contributed by atoms with Gasteiger partial charge in [0.05, 0.1) is 11.3 Å². The SMILES string of the molecule is CCCCCCCCCCC(Cl)C(=O)[O-].O.O.[Na+]. The van der Waals surface area contributed by atoms with Gasteiger partial charge in [0.15, 0.2) is 0 Å². The van der Waals surface area contributed by atoms with E-state index in [4.69, 9.17) is 11.6 Å². The fourth-order valence-electron chi connectivity index (χ4n) is 1.58. The molecule has 0 aromatic carbocycles. The molecule has 4 nitrogen and oxygen atoms in total. The van der Waals surface area contributed by atoms with Crippen LogP contribution in [0.2, 0.25) is 0 Å². The summed E-state index contributed by atoms with van der Waals surface area (Å²) < 4.78 is 0. The smallest absolute Gasteiger partial charge is 0.549 e. The molecule has 0 saturated heterocycles. The van der Waals surface area contributed by atoms with E-state index in [-0.39, 0.29) is 40.5 Å². The van der Waals surface area contributed by atoms with E-state index in [1.807, 2.05) is 0 Å². The van der Waals surface area contributed by atoms with Gasteiger partial charge in [0.2, 0.25) is 0 Å². The number of carbonyl (C=O) groups is 1. The maximum Gasteiger partial charge on any atom is 1.00 e. The Hall–Kier alpha value is 0.680. The van der Waals surface area contributed by atoms with Crippen LogP contribution >= 0.6 is 11.6 Å². The minimum atomic E-state index is -1.14. The number of hydrogen-bond donors (Lipinski definition) is 0. The van der Waals surface area contributed by atoms with Crippen LogP contribution in [-0.4, -0.2) is 22.3 Å². The first-order chi connectivity index (χ1) is 7.18. The van der Waals surface area contributed by atoms with Gasteiger partial charge in [-0.05, 0) is 6.42 Å². The molecule has 6 heteroatoms. The summed E-state index contributed by atoms with van der Waals surface area (Å²) in [6.07, 6.45) is 10.2. The van der Waals surface area contributed by atoms with Gasteiger partial charge in [-0.2, -0.15) is 0 Å². The molecule has 0 amide bonds. The van der Waals surface area contributed by atoms with Gasteiger partial charge in [-0.3, -0.25) is 0 Å². The molecule has 0 heterocycles. The molecule has 18 heavy (non-hydrogen) atoms. The Morgan fingerprint density at radius 1 is 1.00 bits per heavy atom. The fourth-order valence-corrected chi connectivity index (χ4v) is 1.73. The third-order valence-electron chi connectivity index (χ3n) is 2.57. The molecule has 0 fully saturated rings. The van der Waals surface area contributed by atoms with Gasteiger partial charge >= 0.3 is 29.6 Å². The maximum atomic E-state index is 10.3. The molecule has 0 aliphatic rings. The fraction of sp³-hybridized carbons (Fsp3) is 0.917. The molecule has 0 aromatic heterocycles. The Labute approximate surface area is 137 Å². The summed E-state index contributed by atoms with van der Waals surface area (Å²) in [5.41, 5.74) is 0. The Kier molecular flexibility index (Phi) is 30.1. The van der Waals surface area contributed by atoms with Gasteiger partial charge in [-0.1, -0.05) is 58.3 Å². The van der Waals surface area contributed by atoms with Crippen molar-refractivity contribution in [1.82, 2.24) is 0 Å². The summed E-state index contributed by atoms with van der Waals surface area (Å²) in [5, 5.41) is 9.49. The number of aliphatic carboxylic acids is 1. The number of carboxylic acids is 1. The summed E-state index contributed by atoms with van der Waals surface area (Å²) in [5.74, 6) is -1.14. The van der Waals surface area contributed by atoms with E-state index in [2.05, 4.69) is 6.92 Å². The van der Waals surface area contributed by atoms with Crippen molar-refractivity contribution in [1.29, 1.82) is 0 Å². The van der Waals surface area contributed by atoms with Crippen molar-refractivity contribution in [3.05, 3.63) is 0 Å². The van der Waals surface area contributed by atoms with Crippen LogP contribution in [-0.2, 0) is 4.79 Å². The third kappa shape index (κ3) is 19.0. The third-order valence-corrected chi connectivity index (χ3v) is 2.96. The predicted molar refractivity (Wildman–Crippen MR) is 69.1 cm³/mol. The first kappa shape index (κ1) is 27.1. The number of carboxylic acid groups (broad SMARTS) is 1. The molecule has 0 aliphatic heterocycles. The normalized spacial score (nSPS) is 10.6. The first-order valence-corrected chi connectivity index (χ1v) is 6.47. The van der Waals surface area contributed by atoms with Crippen LogP contribution in [0.3, 0.4) is 0 Å². The standard InChI is InChI=1S/C12H23ClO2.Na.2H2O/c1-2-3-4-5-6-7-8-9-10-11(13)12(14)15;;;/h11H,2-10H2,1H3,(H,14,15);;2*1H2/q;+1;;/p-1. The number of halogens is 1. The van der Waals surface area contributed by atoms with Gasteiger partial charge in [-0.25, -0.2) is 0 Å². The van der Waals surface area contributed by atoms with Crippen LogP contribution in [0.25, 0.3) is 0 Å². The molecule has 0 saturated carbocycles. The largest absolute Gasteiger partial charge is 1.00 e. The van der Waals surface area contributed by atoms with E-state index in [0.29, 0.717) is 6.42 Å². The average molecular weight is 293 g/mol. The number of carbonyl (C=O) groups excluding carboxylic acids is 1. The molecular weight excluding hydrogens is 267 g/mol. The van der Waals surface area contributed by atoms with E-state index >= 15 is 0 Å². The van der Waals surface area contributed by atoms with Crippen LogP contribution in [0.1, 0.15) is 64.7 Å². The monoisotopic (exact) mass is 292 g/mol. The summed E-state index contributed by atoms with van der Waals surface area (Å²) in [4.78, 5) is 10.3. The van der Waals surface area contributed by atoms with E-state index in [1.54, 1.807) is 0 Å². The Morgan fingerprint density at radius 2 is 1.39 bits per heavy atom. The van der Waals surface area contributed by atoms with Crippen molar-refractivity contribution >= 4 is 17.6 Å². The summed E-state index contributed by atoms with van der Waals surface area (Å²) in [6, 6.07) is 0. The van der Waals surface area contributed by atoms with E-state index < -0.39 is 11.3 Å².